The van der Waals surface area contributed by atoms with Gasteiger partial charge in [0.1, 0.15) is 17.1 Å². The largest absolute Gasteiger partial charge is 0.497 e. The molecule has 0 bridgehead atoms. The van der Waals surface area contributed by atoms with E-state index in [1.165, 1.54) is 0 Å². The zero-order valence-corrected chi connectivity index (χ0v) is 12.9. The number of hydrogen-bond donors (Lipinski definition) is 1. The van der Waals surface area contributed by atoms with E-state index >= 15 is 0 Å². The van der Waals surface area contributed by atoms with Gasteiger partial charge in [0.2, 0.25) is 0 Å². The Hall–Kier alpha value is -3.08. The summed E-state index contributed by atoms with van der Waals surface area (Å²) in [6.07, 6.45) is 0. The lowest BCUT2D eigenvalue weighted by molar-refractivity contribution is 0.415. The van der Waals surface area contributed by atoms with Gasteiger partial charge in [0, 0.05) is 11.1 Å². The fraction of sp³-hybridized carbons (Fsp3) is 0.111. The first-order valence-corrected chi connectivity index (χ1v) is 7.37. The molecule has 0 spiro atoms. The van der Waals surface area contributed by atoms with Crippen molar-refractivity contribution in [3.8, 4) is 11.4 Å². The highest BCUT2D eigenvalue weighted by Gasteiger charge is 2.16. The molecule has 0 atom stereocenters. The van der Waals surface area contributed by atoms with Crippen molar-refractivity contribution < 1.29 is 4.74 Å². The van der Waals surface area contributed by atoms with Crippen LogP contribution in [0.4, 0.5) is 5.82 Å². The molecule has 0 aliphatic carbocycles. The molecule has 0 radical (unpaired) electrons. The topological polar surface area (TPSA) is 66.0 Å². The Morgan fingerprint density at radius 2 is 1.74 bits per heavy atom. The molecule has 0 fully saturated rings. The van der Waals surface area contributed by atoms with Crippen LogP contribution in [0.25, 0.3) is 27.6 Å². The van der Waals surface area contributed by atoms with Gasteiger partial charge < -0.3 is 10.5 Å². The summed E-state index contributed by atoms with van der Waals surface area (Å²) in [4.78, 5) is 9.09. The number of nitrogens with two attached hydrogens (primary N) is 1. The van der Waals surface area contributed by atoms with Crippen molar-refractivity contribution in [2.45, 2.75) is 6.92 Å². The van der Waals surface area contributed by atoms with E-state index in [4.69, 9.17) is 10.5 Å². The maximum Gasteiger partial charge on any atom is 0.152 e. The van der Waals surface area contributed by atoms with Crippen LogP contribution in [0.3, 0.4) is 0 Å². The van der Waals surface area contributed by atoms with E-state index in [9.17, 15) is 0 Å². The van der Waals surface area contributed by atoms with E-state index in [0.717, 1.165) is 39.2 Å². The number of methoxy groups -OCH3 is 1. The summed E-state index contributed by atoms with van der Waals surface area (Å²) in [6, 6.07) is 15.9. The van der Waals surface area contributed by atoms with Crippen LogP contribution in [0.2, 0.25) is 0 Å². The third-order valence-corrected chi connectivity index (χ3v) is 4.02. The lowest BCUT2D eigenvalue weighted by atomic mass is 10.2. The molecule has 4 rings (SSSR count). The summed E-state index contributed by atoms with van der Waals surface area (Å²) in [6.45, 7) is 1.97. The van der Waals surface area contributed by atoms with Crippen molar-refractivity contribution in [2.24, 2.45) is 0 Å². The highest BCUT2D eigenvalue weighted by atomic mass is 16.5. The van der Waals surface area contributed by atoms with Gasteiger partial charge in [-0.05, 0) is 37.3 Å². The van der Waals surface area contributed by atoms with Crippen LogP contribution in [-0.2, 0) is 0 Å². The van der Waals surface area contributed by atoms with E-state index in [1.54, 1.807) is 7.11 Å². The van der Waals surface area contributed by atoms with Crippen LogP contribution < -0.4 is 10.5 Å². The maximum atomic E-state index is 6.12. The fourth-order valence-electron chi connectivity index (χ4n) is 2.96. The molecule has 4 aromatic rings. The number of hydrogen-bond acceptors (Lipinski definition) is 4. The van der Waals surface area contributed by atoms with Gasteiger partial charge in [0.05, 0.1) is 18.1 Å². The van der Waals surface area contributed by atoms with Crippen LogP contribution in [-0.4, -0.2) is 21.6 Å². The van der Waals surface area contributed by atoms with Gasteiger partial charge in [0.15, 0.2) is 5.82 Å². The molecule has 5 nitrogen and oxygen atoms in total. The molecule has 114 valence electrons. The molecular weight excluding hydrogens is 288 g/mol. The number of fused-ring (bicyclic) bond motifs is 3. The van der Waals surface area contributed by atoms with Crippen LogP contribution in [0.5, 0.6) is 5.75 Å². The minimum atomic E-state index is 0.453. The number of ether oxygens (including phenoxy) is 1. The Labute approximate surface area is 133 Å². The van der Waals surface area contributed by atoms with Crippen LogP contribution in [0.1, 0.15) is 5.82 Å². The molecule has 0 amide bonds. The van der Waals surface area contributed by atoms with Gasteiger partial charge in [-0.3, -0.25) is 4.57 Å². The fourth-order valence-corrected chi connectivity index (χ4v) is 2.96. The quantitative estimate of drug-likeness (QED) is 0.616. The van der Waals surface area contributed by atoms with E-state index < -0.39 is 0 Å². The number of benzene rings is 2. The number of para-hydroxylation sites is 1. The van der Waals surface area contributed by atoms with Crippen LogP contribution >= 0.6 is 0 Å². The number of nitrogen functional groups attached to an aromatic ring is 1. The molecular formula is C18H16N4O. The van der Waals surface area contributed by atoms with E-state index in [0.29, 0.717) is 5.82 Å². The predicted octanol–water partition coefficient (Wildman–Crippen LogP) is 3.47. The minimum absolute atomic E-state index is 0.453. The SMILES string of the molecule is COc1ccc(-n2c(C)nc3c(N)nc4ccccc4c32)cc1. The van der Waals surface area contributed by atoms with Crippen molar-refractivity contribution in [2.75, 3.05) is 12.8 Å². The van der Waals surface area contributed by atoms with Crippen molar-refractivity contribution in [3.05, 3.63) is 54.4 Å². The molecule has 2 N–H and O–H groups in total. The molecule has 2 aromatic heterocycles. The highest BCUT2D eigenvalue weighted by Crippen LogP contribution is 2.31. The summed E-state index contributed by atoms with van der Waals surface area (Å²) in [5.74, 6) is 2.14. The van der Waals surface area contributed by atoms with Crippen LogP contribution in [0, 0.1) is 6.92 Å². The summed E-state index contributed by atoms with van der Waals surface area (Å²) in [7, 11) is 1.66. The lowest BCUT2D eigenvalue weighted by Crippen LogP contribution is -1.98. The lowest BCUT2D eigenvalue weighted by Gasteiger charge is -2.10. The smallest absolute Gasteiger partial charge is 0.152 e. The zero-order chi connectivity index (χ0) is 16.0. The van der Waals surface area contributed by atoms with Gasteiger partial charge in [-0.1, -0.05) is 18.2 Å². The second kappa shape index (κ2) is 4.98. The van der Waals surface area contributed by atoms with Gasteiger partial charge in [-0.25, -0.2) is 9.97 Å². The predicted molar refractivity (Wildman–Crippen MR) is 92.1 cm³/mol. The third kappa shape index (κ3) is 2.01. The summed E-state index contributed by atoms with van der Waals surface area (Å²) in [5.41, 5.74) is 9.72. The molecule has 0 aliphatic rings. The molecule has 2 aromatic carbocycles. The normalized spacial score (nSPS) is 11.2. The number of anilines is 1. The molecule has 5 heteroatoms. The number of pyridine rings is 1. The van der Waals surface area contributed by atoms with E-state index in [-0.39, 0.29) is 0 Å². The highest BCUT2D eigenvalue weighted by molar-refractivity contribution is 6.07. The Morgan fingerprint density at radius 3 is 2.48 bits per heavy atom. The number of rotatable bonds is 2. The molecule has 0 unspecified atom stereocenters. The van der Waals surface area contributed by atoms with Crippen LogP contribution in [0.15, 0.2) is 48.5 Å². The molecule has 0 saturated carbocycles. The first-order valence-electron chi connectivity index (χ1n) is 7.37. The number of nitrogens with zero attached hydrogens (tertiary/aromatic N) is 3. The first-order chi connectivity index (χ1) is 11.2. The zero-order valence-electron chi connectivity index (χ0n) is 12.9. The number of aromatic nitrogens is 3. The van der Waals surface area contributed by atoms with Crippen molar-refractivity contribution in [1.82, 2.24) is 14.5 Å². The van der Waals surface area contributed by atoms with Gasteiger partial charge >= 0.3 is 0 Å². The van der Waals surface area contributed by atoms with Gasteiger partial charge in [-0.2, -0.15) is 0 Å². The summed E-state index contributed by atoms with van der Waals surface area (Å²) >= 11 is 0. The second-order valence-electron chi connectivity index (χ2n) is 5.40. The second-order valence-corrected chi connectivity index (χ2v) is 5.40. The van der Waals surface area contributed by atoms with Gasteiger partial charge in [0.25, 0.3) is 0 Å². The minimum Gasteiger partial charge on any atom is -0.497 e. The summed E-state index contributed by atoms with van der Waals surface area (Å²) < 4.78 is 7.35. The van der Waals surface area contributed by atoms with E-state index in [1.807, 2.05) is 55.5 Å². The molecule has 2 heterocycles. The average molecular weight is 304 g/mol. The Bertz CT molecular complexity index is 1020. The standard InChI is InChI=1S/C18H16N4O/c1-11-20-16-17(14-5-3-4-6-15(14)21-18(16)19)22(11)12-7-9-13(23-2)10-8-12/h3-10H,1-2H3,(H2,19,21). The monoisotopic (exact) mass is 304 g/mol. The van der Waals surface area contributed by atoms with Crippen molar-refractivity contribution in [1.29, 1.82) is 0 Å². The van der Waals surface area contributed by atoms with Gasteiger partial charge in [-0.15, -0.1) is 0 Å². The molecule has 23 heavy (non-hydrogen) atoms. The van der Waals surface area contributed by atoms with E-state index in [2.05, 4.69) is 14.5 Å². The summed E-state index contributed by atoms with van der Waals surface area (Å²) in [5, 5.41) is 1.04. The molecule has 0 saturated heterocycles. The average Bonchev–Trinajstić information content (AvgIpc) is 2.93. The number of aryl methyl sites for hydroxylation is 1. The van der Waals surface area contributed by atoms with Crippen molar-refractivity contribution in [3.63, 3.8) is 0 Å². The Kier molecular flexibility index (Phi) is 2.94. The Morgan fingerprint density at radius 1 is 1.00 bits per heavy atom. The molecule has 0 aliphatic heterocycles. The number of imidazole rings is 1. The van der Waals surface area contributed by atoms with Crippen molar-refractivity contribution >= 4 is 27.8 Å². The Balaban J connectivity index is 2.11. The third-order valence-electron chi connectivity index (χ3n) is 4.02. The maximum absolute atomic E-state index is 6.12. The first kappa shape index (κ1) is 13.6.